The van der Waals surface area contributed by atoms with Gasteiger partial charge >= 0.3 is 0 Å². The van der Waals surface area contributed by atoms with Gasteiger partial charge in [-0.05, 0) is 30.7 Å². The third-order valence-corrected chi connectivity index (χ3v) is 3.68. The zero-order valence-electron chi connectivity index (χ0n) is 12.5. The van der Waals surface area contributed by atoms with Gasteiger partial charge < -0.3 is 10.3 Å². The molecule has 0 saturated carbocycles. The van der Waals surface area contributed by atoms with Crippen LogP contribution in [0.5, 0.6) is 0 Å². The average Bonchev–Trinajstić information content (AvgIpc) is 3.06. The van der Waals surface area contributed by atoms with Crippen LogP contribution in [0.3, 0.4) is 0 Å². The van der Waals surface area contributed by atoms with Gasteiger partial charge in [-0.3, -0.25) is 0 Å². The summed E-state index contributed by atoms with van der Waals surface area (Å²) < 4.78 is 0. The fourth-order valence-electron chi connectivity index (χ4n) is 2.51. The predicted molar refractivity (Wildman–Crippen MR) is 89.4 cm³/mol. The Bertz CT molecular complexity index is 975. The second-order valence-electron chi connectivity index (χ2n) is 5.16. The van der Waals surface area contributed by atoms with Crippen LogP contribution >= 0.6 is 0 Å². The topological polar surface area (TPSA) is 79.4 Å². The molecule has 0 unspecified atom stereocenters. The minimum atomic E-state index is 0.640. The molecule has 6 heteroatoms. The van der Waals surface area contributed by atoms with E-state index in [2.05, 4.69) is 43.2 Å². The first kappa shape index (κ1) is 13.4. The molecule has 0 fully saturated rings. The standard InChI is InChI=1S/C17H14N6/c1-11-5-2-3-7-13(11)23-16-12(6-4-8-18-16)14-15-17(21-9-19-14)22-10-20-15/h2-10H,1H3,(H,18,23)(H,19,20,21,22). The van der Waals surface area contributed by atoms with Crippen molar-refractivity contribution in [2.45, 2.75) is 6.92 Å². The third-order valence-electron chi connectivity index (χ3n) is 3.68. The first-order chi connectivity index (χ1) is 11.3. The van der Waals surface area contributed by atoms with E-state index in [4.69, 9.17) is 0 Å². The largest absolute Gasteiger partial charge is 0.341 e. The lowest BCUT2D eigenvalue weighted by molar-refractivity contribution is 1.19. The van der Waals surface area contributed by atoms with Gasteiger partial charge in [0.15, 0.2) is 5.65 Å². The van der Waals surface area contributed by atoms with E-state index in [1.54, 1.807) is 12.5 Å². The molecule has 0 aliphatic carbocycles. The molecule has 6 nitrogen and oxygen atoms in total. The molecule has 4 rings (SSSR count). The van der Waals surface area contributed by atoms with Gasteiger partial charge in [0, 0.05) is 17.4 Å². The molecule has 23 heavy (non-hydrogen) atoms. The minimum Gasteiger partial charge on any atom is -0.341 e. The van der Waals surface area contributed by atoms with Crippen LogP contribution in [0.15, 0.2) is 55.2 Å². The molecule has 0 atom stereocenters. The Morgan fingerprint density at radius 3 is 2.78 bits per heavy atom. The van der Waals surface area contributed by atoms with Crippen molar-refractivity contribution in [2.75, 3.05) is 5.32 Å². The Kier molecular flexibility index (Phi) is 3.20. The van der Waals surface area contributed by atoms with E-state index < -0.39 is 0 Å². The maximum atomic E-state index is 4.48. The first-order valence-corrected chi connectivity index (χ1v) is 7.25. The number of imidazole rings is 1. The summed E-state index contributed by atoms with van der Waals surface area (Å²) in [5, 5.41) is 3.39. The second kappa shape index (κ2) is 5.49. The van der Waals surface area contributed by atoms with Gasteiger partial charge in [-0.1, -0.05) is 18.2 Å². The number of fused-ring (bicyclic) bond motifs is 1. The summed E-state index contributed by atoms with van der Waals surface area (Å²) in [6, 6.07) is 12.0. The molecule has 0 spiro atoms. The van der Waals surface area contributed by atoms with Crippen molar-refractivity contribution in [3.8, 4) is 11.3 Å². The zero-order chi connectivity index (χ0) is 15.6. The number of aromatic amines is 1. The third kappa shape index (κ3) is 2.40. The Balaban J connectivity index is 1.85. The number of hydrogen-bond donors (Lipinski definition) is 2. The minimum absolute atomic E-state index is 0.640. The van der Waals surface area contributed by atoms with Crippen LogP contribution in [0.2, 0.25) is 0 Å². The highest BCUT2D eigenvalue weighted by molar-refractivity contribution is 5.91. The van der Waals surface area contributed by atoms with Crippen molar-refractivity contribution in [3.63, 3.8) is 0 Å². The molecular weight excluding hydrogens is 288 g/mol. The van der Waals surface area contributed by atoms with Gasteiger partial charge in [-0.25, -0.2) is 19.9 Å². The number of nitrogens with one attached hydrogen (secondary N) is 2. The summed E-state index contributed by atoms with van der Waals surface area (Å²) >= 11 is 0. The summed E-state index contributed by atoms with van der Waals surface area (Å²) in [7, 11) is 0. The first-order valence-electron chi connectivity index (χ1n) is 7.25. The average molecular weight is 302 g/mol. The Labute approximate surface area is 132 Å². The lowest BCUT2D eigenvalue weighted by atomic mass is 10.1. The molecule has 4 aromatic rings. The van der Waals surface area contributed by atoms with E-state index in [1.165, 1.54) is 6.33 Å². The fraction of sp³-hybridized carbons (Fsp3) is 0.0588. The molecular formula is C17H14N6. The van der Waals surface area contributed by atoms with Gasteiger partial charge in [-0.15, -0.1) is 0 Å². The van der Waals surface area contributed by atoms with Gasteiger partial charge in [0.1, 0.15) is 23.4 Å². The molecule has 3 aromatic heterocycles. The number of pyridine rings is 1. The quantitative estimate of drug-likeness (QED) is 0.606. The fourth-order valence-corrected chi connectivity index (χ4v) is 2.51. The van der Waals surface area contributed by atoms with Crippen LogP contribution < -0.4 is 5.32 Å². The number of H-pyrrole nitrogens is 1. The summed E-state index contributed by atoms with van der Waals surface area (Å²) in [6.45, 7) is 2.06. The number of aryl methyl sites for hydroxylation is 1. The summed E-state index contributed by atoms with van der Waals surface area (Å²) in [5.41, 5.74) is 5.28. The number of anilines is 2. The summed E-state index contributed by atoms with van der Waals surface area (Å²) in [6.07, 6.45) is 4.90. The van der Waals surface area contributed by atoms with Crippen molar-refractivity contribution < 1.29 is 0 Å². The Hall–Kier alpha value is -3.28. The Morgan fingerprint density at radius 1 is 0.957 bits per heavy atom. The van der Waals surface area contributed by atoms with Crippen molar-refractivity contribution in [1.29, 1.82) is 0 Å². The normalized spacial score (nSPS) is 10.8. The van der Waals surface area contributed by atoms with Crippen molar-refractivity contribution in [1.82, 2.24) is 24.9 Å². The number of nitrogens with zero attached hydrogens (tertiary/aromatic N) is 4. The summed E-state index contributed by atoms with van der Waals surface area (Å²) in [4.78, 5) is 20.3. The lowest BCUT2D eigenvalue weighted by Crippen LogP contribution is -1.99. The predicted octanol–water partition coefficient (Wildman–Crippen LogP) is 3.47. The van der Waals surface area contributed by atoms with Crippen molar-refractivity contribution in [3.05, 3.63) is 60.8 Å². The molecule has 0 aliphatic rings. The molecule has 0 radical (unpaired) electrons. The van der Waals surface area contributed by atoms with Crippen molar-refractivity contribution >= 4 is 22.7 Å². The highest BCUT2D eigenvalue weighted by Gasteiger charge is 2.13. The molecule has 0 amide bonds. The number of rotatable bonds is 3. The van der Waals surface area contributed by atoms with E-state index in [0.29, 0.717) is 5.65 Å². The maximum Gasteiger partial charge on any atom is 0.181 e. The van der Waals surface area contributed by atoms with Gasteiger partial charge in [0.25, 0.3) is 0 Å². The van der Waals surface area contributed by atoms with Gasteiger partial charge in [0.2, 0.25) is 0 Å². The van der Waals surface area contributed by atoms with E-state index in [1.807, 2.05) is 30.3 Å². The second-order valence-corrected chi connectivity index (χ2v) is 5.16. The molecule has 0 aliphatic heterocycles. The molecule has 0 saturated heterocycles. The van der Waals surface area contributed by atoms with Crippen LogP contribution in [-0.4, -0.2) is 24.9 Å². The van der Waals surface area contributed by atoms with Crippen LogP contribution in [0.25, 0.3) is 22.4 Å². The van der Waals surface area contributed by atoms with Gasteiger partial charge in [0.05, 0.1) is 6.33 Å². The van der Waals surface area contributed by atoms with Crippen LogP contribution in [-0.2, 0) is 0 Å². The maximum absolute atomic E-state index is 4.48. The number of para-hydroxylation sites is 1. The number of benzene rings is 1. The smallest absolute Gasteiger partial charge is 0.181 e. The number of hydrogen-bond acceptors (Lipinski definition) is 5. The Morgan fingerprint density at radius 2 is 1.87 bits per heavy atom. The molecule has 112 valence electrons. The highest BCUT2D eigenvalue weighted by atomic mass is 15.0. The van der Waals surface area contributed by atoms with Crippen LogP contribution in [0, 0.1) is 6.92 Å². The SMILES string of the molecule is Cc1ccccc1Nc1ncccc1-c1ncnc2nc[nH]c12. The van der Waals surface area contributed by atoms with E-state index in [0.717, 1.165) is 33.8 Å². The lowest BCUT2D eigenvalue weighted by Gasteiger charge is -2.12. The highest BCUT2D eigenvalue weighted by Crippen LogP contribution is 2.30. The van der Waals surface area contributed by atoms with Crippen LogP contribution in [0.1, 0.15) is 5.56 Å². The van der Waals surface area contributed by atoms with Crippen molar-refractivity contribution in [2.24, 2.45) is 0 Å². The molecule has 1 aromatic carbocycles. The number of aromatic nitrogens is 5. The van der Waals surface area contributed by atoms with E-state index in [9.17, 15) is 0 Å². The molecule has 3 heterocycles. The summed E-state index contributed by atoms with van der Waals surface area (Å²) in [5.74, 6) is 0.747. The molecule has 0 bridgehead atoms. The molecule has 2 N–H and O–H groups in total. The van der Waals surface area contributed by atoms with Gasteiger partial charge in [-0.2, -0.15) is 0 Å². The van der Waals surface area contributed by atoms with E-state index in [-0.39, 0.29) is 0 Å². The van der Waals surface area contributed by atoms with Crippen LogP contribution in [0.4, 0.5) is 11.5 Å². The zero-order valence-corrected chi connectivity index (χ0v) is 12.5. The van der Waals surface area contributed by atoms with E-state index >= 15 is 0 Å². The monoisotopic (exact) mass is 302 g/mol.